The highest BCUT2D eigenvalue weighted by Gasteiger charge is 2.30. The predicted molar refractivity (Wildman–Crippen MR) is 103 cm³/mol. The number of anilines is 1. The van der Waals surface area contributed by atoms with Gasteiger partial charge in [0.15, 0.2) is 0 Å². The van der Waals surface area contributed by atoms with Crippen molar-refractivity contribution >= 4 is 22.9 Å². The largest absolute Gasteiger partial charge is 0.325 e. The van der Waals surface area contributed by atoms with Gasteiger partial charge in [0.1, 0.15) is 0 Å². The van der Waals surface area contributed by atoms with Crippen LogP contribution >= 0.6 is 11.3 Å². The van der Waals surface area contributed by atoms with Gasteiger partial charge in [-0.1, -0.05) is 12.1 Å². The second-order valence-electron chi connectivity index (χ2n) is 6.59. The first-order valence-electron chi connectivity index (χ1n) is 8.70. The van der Waals surface area contributed by atoms with Crippen LogP contribution in [0.5, 0.6) is 0 Å². The van der Waals surface area contributed by atoms with E-state index in [9.17, 15) is 4.79 Å². The fourth-order valence-electron chi connectivity index (χ4n) is 3.41. The molecule has 1 unspecified atom stereocenters. The molecule has 1 aromatic carbocycles. The molecule has 1 aliphatic rings. The average Bonchev–Trinajstić information content (AvgIpc) is 3.38. The summed E-state index contributed by atoms with van der Waals surface area (Å²) in [5.74, 6) is 0.0628. The maximum atomic E-state index is 12.7. The summed E-state index contributed by atoms with van der Waals surface area (Å²) in [4.78, 5) is 19.3. The normalized spacial score (nSPS) is 17.5. The first-order chi connectivity index (χ1) is 12.7. The number of rotatable bonds is 5. The molecule has 0 spiro atoms. The number of likely N-dealkylation sites (tertiary alicyclic amines) is 1. The number of carbonyl (C=O) groups excluding carboxylic acids is 1. The third-order valence-corrected chi connectivity index (χ3v) is 5.28. The zero-order valence-corrected chi connectivity index (χ0v) is 15.4. The SMILES string of the molecule is Cn1cc(CN2CCCC2C(=O)Nc2ccc(-c3cscn3)cc2)cn1. The fourth-order valence-corrected chi connectivity index (χ4v) is 3.97. The molecule has 4 rings (SSSR count). The van der Waals surface area contributed by atoms with Crippen molar-refractivity contribution in [3.05, 3.63) is 53.1 Å². The number of nitrogens with one attached hydrogen (secondary N) is 1. The van der Waals surface area contributed by atoms with E-state index in [0.29, 0.717) is 0 Å². The Morgan fingerprint density at radius 1 is 1.35 bits per heavy atom. The lowest BCUT2D eigenvalue weighted by Gasteiger charge is -2.23. The van der Waals surface area contributed by atoms with Gasteiger partial charge in [0.05, 0.1) is 23.4 Å². The molecule has 1 saturated heterocycles. The summed E-state index contributed by atoms with van der Waals surface area (Å²) in [5, 5.41) is 9.29. The molecule has 6 nitrogen and oxygen atoms in total. The van der Waals surface area contributed by atoms with E-state index in [-0.39, 0.29) is 11.9 Å². The van der Waals surface area contributed by atoms with E-state index in [2.05, 4.69) is 20.3 Å². The molecule has 3 aromatic rings. The van der Waals surface area contributed by atoms with Crippen LogP contribution in [-0.4, -0.2) is 38.2 Å². The summed E-state index contributed by atoms with van der Waals surface area (Å²) in [6.45, 7) is 1.70. The molecule has 1 atom stereocenters. The zero-order chi connectivity index (χ0) is 17.9. The summed E-state index contributed by atoms with van der Waals surface area (Å²) in [6, 6.07) is 7.77. The number of nitrogens with zero attached hydrogens (tertiary/aromatic N) is 4. The highest BCUT2D eigenvalue weighted by Crippen LogP contribution is 2.24. The van der Waals surface area contributed by atoms with E-state index < -0.39 is 0 Å². The lowest BCUT2D eigenvalue weighted by Crippen LogP contribution is -2.39. The molecule has 0 radical (unpaired) electrons. The van der Waals surface area contributed by atoms with Crippen molar-refractivity contribution in [3.63, 3.8) is 0 Å². The summed E-state index contributed by atoms with van der Waals surface area (Å²) >= 11 is 1.58. The smallest absolute Gasteiger partial charge is 0.241 e. The van der Waals surface area contributed by atoms with E-state index in [1.165, 1.54) is 0 Å². The van der Waals surface area contributed by atoms with Gasteiger partial charge in [0, 0.05) is 42.0 Å². The average molecular weight is 367 g/mol. The predicted octanol–water partition coefficient (Wildman–Crippen LogP) is 3.15. The van der Waals surface area contributed by atoms with Gasteiger partial charge < -0.3 is 5.32 Å². The van der Waals surface area contributed by atoms with Gasteiger partial charge in [-0.2, -0.15) is 5.10 Å². The fraction of sp³-hybridized carbons (Fsp3) is 0.316. The highest BCUT2D eigenvalue weighted by molar-refractivity contribution is 7.07. The second-order valence-corrected chi connectivity index (χ2v) is 7.31. The number of carbonyl (C=O) groups is 1. The minimum Gasteiger partial charge on any atom is -0.325 e. The van der Waals surface area contributed by atoms with E-state index >= 15 is 0 Å². The van der Waals surface area contributed by atoms with Crippen molar-refractivity contribution in [2.75, 3.05) is 11.9 Å². The lowest BCUT2D eigenvalue weighted by molar-refractivity contribution is -0.120. The maximum Gasteiger partial charge on any atom is 0.241 e. The quantitative estimate of drug-likeness (QED) is 0.752. The Morgan fingerprint density at radius 3 is 2.88 bits per heavy atom. The molecule has 2 aromatic heterocycles. The number of amides is 1. The van der Waals surface area contributed by atoms with E-state index in [4.69, 9.17) is 0 Å². The Labute approximate surface area is 156 Å². The van der Waals surface area contributed by atoms with Gasteiger partial charge in [-0.3, -0.25) is 14.4 Å². The molecule has 1 N–H and O–H groups in total. The topological polar surface area (TPSA) is 63.1 Å². The van der Waals surface area contributed by atoms with Crippen LogP contribution in [0.25, 0.3) is 11.3 Å². The number of hydrogen-bond acceptors (Lipinski definition) is 5. The molecule has 1 amide bonds. The Balaban J connectivity index is 1.40. The molecule has 7 heteroatoms. The Morgan fingerprint density at radius 2 is 2.19 bits per heavy atom. The van der Waals surface area contributed by atoms with Crippen molar-refractivity contribution in [1.82, 2.24) is 19.7 Å². The van der Waals surface area contributed by atoms with Crippen LogP contribution in [0.1, 0.15) is 18.4 Å². The molecule has 1 aliphatic heterocycles. The number of thiazole rings is 1. The molecule has 0 saturated carbocycles. The summed E-state index contributed by atoms with van der Waals surface area (Å²) in [5.41, 5.74) is 5.80. The van der Waals surface area contributed by atoms with Gasteiger partial charge in [-0.25, -0.2) is 4.98 Å². The van der Waals surface area contributed by atoms with Crippen LogP contribution in [-0.2, 0) is 18.4 Å². The van der Waals surface area contributed by atoms with Gasteiger partial charge in [-0.05, 0) is 31.5 Å². The monoisotopic (exact) mass is 367 g/mol. The third-order valence-electron chi connectivity index (χ3n) is 4.69. The van der Waals surface area contributed by atoms with Crippen molar-refractivity contribution in [3.8, 4) is 11.3 Å². The van der Waals surface area contributed by atoms with Crippen molar-refractivity contribution in [2.24, 2.45) is 7.05 Å². The van der Waals surface area contributed by atoms with E-state index in [0.717, 1.165) is 48.4 Å². The number of hydrogen-bond donors (Lipinski definition) is 1. The van der Waals surface area contributed by atoms with Gasteiger partial charge >= 0.3 is 0 Å². The molecule has 3 heterocycles. The number of aryl methyl sites for hydroxylation is 1. The molecular weight excluding hydrogens is 346 g/mol. The minimum atomic E-state index is -0.0894. The van der Waals surface area contributed by atoms with Crippen molar-refractivity contribution in [1.29, 1.82) is 0 Å². The summed E-state index contributed by atoms with van der Waals surface area (Å²) < 4.78 is 1.80. The molecule has 0 aliphatic carbocycles. The Kier molecular flexibility index (Phi) is 4.81. The van der Waals surface area contributed by atoms with Gasteiger partial charge in [0.2, 0.25) is 5.91 Å². The van der Waals surface area contributed by atoms with Crippen LogP contribution in [0.15, 0.2) is 47.5 Å². The standard InChI is InChI=1S/C19H21N5OS/c1-23-10-14(9-21-23)11-24-8-2-3-18(24)19(25)22-16-6-4-15(5-7-16)17-12-26-13-20-17/h4-7,9-10,12-13,18H,2-3,8,11H2,1H3,(H,22,25). The summed E-state index contributed by atoms with van der Waals surface area (Å²) in [6.07, 6.45) is 5.80. The maximum absolute atomic E-state index is 12.7. The molecule has 1 fully saturated rings. The third kappa shape index (κ3) is 3.68. The van der Waals surface area contributed by atoms with Crippen LogP contribution in [0.4, 0.5) is 5.69 Å². The van der Waals surface area contributed by atoms with Crippen molar-refractivity contribution < 1.29 is 4.79 Å². The Bertz CT molecular complexity index is 872. The Hall–Kier alpha value is -2.51. The first kappa shape index (κ1) is 16.9. The molecule has 134 valence electrons. The lowest BCUT2D eigenvalue weighted by atomic mass is 10.1. The van der Waals surface area contributed by atoms with E-state index in [1.54, 1.807) is 16.0 Å². The second kappa shape index (κ2) is 7.39. The van der Waals surface area contributed by atoms with Gasteiger partial charge in [0.25, 0.3) is 0 Å². The minimum absolute atomic E-state index is 0.0628. The van der Waals surface area contributed by atoms with Gasteiger partial charge in [-0.15, -0.1) is 11.3 Å². The van der Waals surface area contributed by atoms with Crippen LogP contribution in [0, 0.1) is 0 Å². The van der Waals surface area contributed by atoms with Crippen molar-refractivity contribution in [2.45, 2.75) is 25.4 Å². The number of aromatic nitrogens is 3. The van der Waals surface area contributed by atoms with Crippen LogP contribution in [0.2, 0.25) is 0 Å². The van der Waals surface area contributed by atoms with Crippen LogP contribution < -0.4 is 5.32 Å². The molecule has 0 bridgehead atoms. The zero-order valence-electron chi connectivity index (χ0n) is 14.6. The number of benzene rings is 1. The first-order valence-corrected chi connectivity index (χ1v) is 9.64. The molecular formula is C19H21N5OS. The highest BCUT2D eigenvalue weighted by atomic mass is 32.1. The molecule has 26 heavy (non-hydrogen) atoms. The van der Waals surface area contributed by atoms with E-state index in [1.807, 2.05) is 54.6 Å². The summed E-state index contributed by atoms with van der Waals surface area (Å²) in [7, 11) is 1.91. The van der Waals surface area contributed by atoms with Crippen LogP contribution in [0.3, 0.4) is 0 Å².